The monoisotopic (exact) mass is 375 g/mol. The molecule has 2 aromatic carbocycles. The zero-order valence-electron chi connectivity index (χ0n) is 13.7. The van der Waals surface area contributed by atoms with Crippen LogP contribution in [-0.2, 0) is 9.53 Å². The van der Waals surface area contributed by atoms with Gasteiger partial charge in [-0.3, -0.25) is 0 Å². The first-order valence-electron chi connectivity index (χ1n) is 7.49. The number of nitrogens with zero attached hydrogens (tertiary/aromatic N) is 1. The van der Waals surface area contributed by atoms with Crippen molar-refractivity contribution in [3.8, 4) is 0 Å². The minimum absolute atomic E-state index is 0.0757. The number of hydrogen-bond acceptors (Lipinski definition) is 3. The van der Waals surface area contributed by atoms with Gasteiger partial charge in [0, 0.05) is 0 Å². The molecule has 2 aromatic rings. The molecule has 0 heterocycles. The fraction of sp³-hybridized carbons (Fsp3) is 0.211. The van der Waals surface area contributed by atoms with E-state index >= 15 is 0 Å². The van der Waals surface area contributed by atoms with Gasteiger partial charge in [0.1, 0.15) is 0 Å². The Hall–Kier alpha value is -2.03. The molecule has 3 nitrogen and oxygen atoms in total. The predicted molar refractivity (Wildman–Crippen MR) is 97.2 cm³/mol. The van der Waals surface area contributed by atoms with Gasteiger partial charge in [-0.15, -0.1) is 0 Å². The molecule has 0 saturated heterocycles. The Morgan fingerprint density at radius 2 is 1.74 bits per heavy atom. The molecule has 0 unspecified atom stereocenters. The molecule has 0 fully saturated rings. The third-order valence-corrected chi connectivity index (χ3v) is 5.28. The fourth-order valence-corrected chi connectivity index (χ4v) is 3.82. The molecule has 4 heteroatoms. The summed E-state index contributed by atoms with van der Waals surface area (Å²) in [6.07, 6.45) is 1.93. The Morgan fingerprint density at radius 3 is 2.30 bits per heavy atom. The van der Waals surface area contributed by atoms with Crippen LogP contribution in [-0.4, -0.2) is 41.6 Å². The van der Waals surface area contributed by atoms with Gasteiger partial charge < -0.3 is 0 Å². The van der Waals surface area contributed by atoms with Crippen LogP contribution >= 0.6 is 0 Å². The van der Waals surface area contributed by atoms with Gasteiger partial charge in [-0.2, -0.15) is 0 Å². The molecular weight excluding hydrogens is 353 g/mol. The number of hydrogen-bond donors (Lipinski definition) is 0. The maximum atomic E-state index is 12.2. The zero-order chi connectivity index (χ0) is 16.7. The van der Waals surface area contributed by atoms with Gasteiger partial charge in [-0.05, 0) is 0 Å². The van der Waals surface area contributed by atoms with Crippen molar-refractivity contribution in [2.24, 2.45) is 0 Å². The Kier molecular flexibility index (Phi) is 6.45. The Labute approximate surface area is 144 Å². The van der Waals surface area contributed by atoms with Crippen LogP contribution in [0.4, 0.5) is 5.69 Å². The Bertz CT molecular complexity index is 664. The molecule has 0 aliphatic carbocycles. The van der Waals surface area contributed by atoms with Crippen LogP contribution in [0, 0.1) is 0 Å². The van der Waals surface area contributed by atoms with Gasteiger partial charge in [0.15, 0.2) is 0 Å². The normalized spacial score (nSPS) is 11.2. The summed E-state index contributed by atoms with van der Waals surface area (Å²) in [5.74, 6) is -0.229. The molecule has 0 saturated carbocycles. The number of rotatable bonds is 6. The molecule has 0 amide bonds. The summed E-state index contributed by atoms with van der Waals surface area (Å²) in [5, 5.41) is 0. The molecule has 2 rings (SSSR count). The molecule has 0 spiro atoms. The van der Waals surface area contributed by atoms with Crippen molar-refractivity contribution in [1.82, 2.24) is 0 Å². The fourth-order valence-electron chi connectivity index (χ4n) is 1.97. The van der Waals surface area contributed by atoms with Crippen LogP contribution in [0.25, 0.3) is 6.08 Å². The molecule has 23 heavy (non-hydrogen) atoms. The number of esters is 1. The number of benzene rings is 2. The average Bonchev–Trinajstić information content (AvgIpc) is 2.56. The van der Waals surface area contributed by atoms with Crippen LogP contribution in [0.5, 0.6) is 0 Å². The second-order valence-corrected chi connectivity index (χ2v) is 7.47. The van der Waals surface area contributed by atoms with E-state index in [0.29, 0.717) is 6.61 Å². The van der Waals surface area contributed by atoms with E-state index in [1.807, 2.05) is 86.6 Å². The first-order valence-corrected chi connectivity index (χ1v) is 9.20. The van der Waals surface area contributed by atoms with Crippen molar-refractivity contribution in [1.29, 1.82) is 0 Å². The predicted octanol–water partition coefficient (Wildman–Crippen LogP) is 2.69. The minimum atomic E-state index is -0.229. The van der Waals surface area contributed by atoms with Crippen molar-refractivity contribution in [2.45, 2.75) is 6.92 Å². The van der Waals surface area contributed by atoms with E-state index in [-0.39, 0.29) is 20.9 Å². The molecule has 0 bridgehead atoms. The van der Waals surface area contributed by atoms with E-state index in [9.17, 15) is 4.79 Å². The van der Waals surface area contributed by atoms with Gasteiger partial charge in [0.2, 0.25) is 0 Å². The van der Waals surface area contributed by atoms with E-state index in [1.54, 1.807) is 0 Å². The molecule has 0 aliphatic heterocycles. The van der Waals surface area contributed by atoms with Crippen LogP contribution < -0.4 is 9.36 Å². The quantitative estimate of drug-likeness (QED) is 0.442. The topological polar surface area (TPSA) is 29.5 Å². The molecular formula is C19H21NO2Se. The summed E-state index contributed by atoms with van der Waals surface area (Å²) in [6.45, 7) is 2.22. The first-order chi connectivity index (χ1) is 11.1. The van der Waals surface area contributed by atoms with Crippen molar-refractivity contribution in [2.75, 3.05) is 25.6 Å². The van der Waals surface area contributed by atoms with Crippen LogP contribution in [0.1, 0.15) is 12.5 Å². The van der Waals surface area contributed by atoms with Crippen LogP contribution in [0.2, 0.25) is 0 Å². The molecule has 0 radical (unpaired) electrons. The Morgan fingerprint density at radius 1 is 1.09 bits per heavy atom. The summed E-state index contributed by atoms with van der Waals surface area (Å²) in [6, 6.07) is 18.2. The molecule has 0 aliphatic rings. The summed E-state index contributed by atoms with van der Waals surface area (Å²) in [7, 11) is 4.01. The van der Waals surface area contributed by atoms with E-state index in [2.05, 4.69) is 0 Å². The van der Waals surface area contributed by atoms with E-state index in [4.69, 9.17) is 4.74 Å². The summed E-state index contributed by atoms with van der Waals surface area (Å²) in [5.41, 5.74) is 2.14. The molecule has 0 atom stereocenters. The van der Waals surface area contributed by atoms with Crippen molar-refractivity contribution in [3.05, 3.63) is 64.6 Å². The summed E-state index contributed by atoms with van der Waals surface area (Å²) >= 11 is -0.0757. The third-order valence-electron chi connectivity index (χ3n) is 3.15. The SMILES string of the molecule is CCOC(=O)/C(=C\c1ccc(N(C)C)cc1)[Se]c1ccccc1. The second-order valence-electron chi connectivity index (χ2n) is 5.13. The average molecular weight is 374 g/mol. The van der Waals surface area contributed by atoms with Crippen molar-refractivity contribution in [3.63, 3.8) is 0 Å². The van der Waals surface area contributed by atoms with Gasteiger partial charge in [-0.1, -0.05) is 0 Å². The van der Waals surface area contributed by atoms with Gasteiger partial charge in [0.05, 0.1) is 0 Å². The van der Waals surface area contributed by atoms with Gasteiger partial charge in [-0.25, -0.2) is 0 Å². The Balaban J connectivity index is 2.26. The molecule has 0 N–H and O–H groups in total. The number of carbonyl (C=O) groups is 1. The van der Waals surface area contributed by atoms with Crippen LogP contribution in [0.15, 0.2) is 59.1 Å². The molecule has 120 valence electrons. The van der Waals surface area contributed by atoms with E-state index in [0.717, 1.165) is 20.2 Å². The molecule has 0 aromatic heterocycles. The van der Waals surface area contributed by atoms with Gasteiger partial charge >= 0.3 is 144 Å². The maximum absolute atomic E-state index is 12.2. The zero-order valence-corrected chi connectivity index (χ0v) is 15.4. The van der Waals surface area contributed by atoms with E-state index in [1.165, 1.54) is 0 Å². The second kappa shape index (κ2) is 8.56. The standard InChI is InChI=1S/C19H21NO2Se/c1-4-22-19(21)18(23-17-8-6-5-7-9-17)14-15-10-12-16(13-11-15)20(2)3/h5-14H,4H2,1-3H3/b18-14+. The van der Waals surface area contributed by atoms with Crippen LogP contribution in [0.3, 0.4) is 0 Å². The van der Waals surface area contributed by atoms with Crippen molar-refractivity contribution >= 4 is 37.2 Å². The van der Waals surface area contributed by atoms with E-state index < -0.39 is 0 Å². The van der Waals surface area contributed by atoms with Gasteiger partial charge in [0.25, 0.3) is 0 Å². The number of carbonyl (C=O) groups excluding carboxylic acids is 1. The number of anilines is 1. The summed E-state index contributed by atoms with van der Waals surface area (Å²) in [4.78, 5) is 14.3. The summed E-state index contributed by atoms with van der Waals surface area (Å²) < 4.78 is 7.09. The third kappa shape index (κ3) is 5.27. The number of ether oxygens (including phenoxy) is 1. The van der Waals surface area contributed by atoms with Crippen molar-refractivity contribution < 1.29 is 9.53 Å². The first kappa shape index (κ1) is 17.3.